The average Bonchev–Trinajstić information content (AvgIpc) is 2.83. The highest BCUT2D eigenvalue weighted by atomic mass is 79.9. The van der Waals surface area contributed by atoms with Gasteiger partial charge in [-0.3, -0.25) is 0 Å². The first-order valence-electron chi connectivity index (χ1n) is 11.1. The van der Waals surface area contributed by atoms with Crippen molar-refractivity contribution in [2.45, 2.75) is 26.2 Å². The number of amides is 2. The van der Waals surface area contributed by atoms with Gasteiger partial charge in [0.05, 0.1) is 17.8 Å². The number of carbonyl (C=O) groups is 1. The van der Waals surface area contributed by atoms with E-state index < -0.39 is 6.03 Å². The predicted molar refractivity (Wildman–Crippen MR) is 143 cm³/mol. The Morgan fingerprint density at radius 1 is 1.00 bits per heavy atom. The van der Waals surface area contributed by atoms with E-state index in [1.165, 1.54) is 11.8 Å². The molecule has 2 amide bonds. The molecule has 2 N–H and O–H groups in total. The van der Waals surface area contributed by atoms with Crippen molar-refractivity contribution in [2.75, 3.05) is 25.6 Å². The minimum absolute atomic E-state index is 0.103. The Labute approximate surface area is 214 Å². The molecule has 0 aromatic heterocycles. The summed E-state index contributed by atoms with van der Waals surface area (Å²) in [7, 11) is 1.56. The van der Waals surface area contributed by atoms with Crippen LogP contribution in [0.2, 0.25) is 0 Å². The third kappa shape index (κ3) is 8.03. The molecule has 35 heavy (non-hydrogen) atoms. The van der Waals surface area contributed by atoms with E-state index in [4.69, 9.17) is 14.2 Å². The lowest BCUT2D eigenvalue weighted by Crippen LogP contribution is -2.24. The summed E-state index contributed by atoms with van der Waals surface area (Å²) in [5.74, 6) is 1.89. The van der Waals surface area contributed by atoms with Gasteiger partial charge in [0.1, 0.15) is 19.0 Å². The number of hydrogen-bond acceptors (Lipinski definition) is 5. The van der Waals surface area contributed by atoms with Gasteiger partial charge in [-0.1, -0.05) is 51.1 Å². The zero-order chi connectivity index (χ0) is 25.3. The second-order valence-electron chi connectivity index (χ2n) is 8.70. The Bertz CT molecular complexity index is 1140. The Morgan fingerprint density at radius 2 is 1.69 bits per heavy atom. The topological polar surface area (TPSA) is 81.2 Å². The molecule has 0 fully saturated rings. The molecule has 7 nitrogen and oxygen atoms in total. The monoisotopic (exact) mass is 539 g/mol. The van der Waals surface area contributed by atoms with Crippen LogP contribution < -0.4 is 25.0 Å². The molecule has 0 aliphatic rings. The van der Waals surface area contributed by atoms with Gasteiger partial charge in [0.15, 0.2) is 11.5 Å². The second kappa shape index (κ2) is 12.3. The molecule has 3 aromatic carbocycles. The number of anilines is 1. The minimum atomic E-state index is -0.438. The van der Waals surface area contributed by atoms with Gasteiger partial charge in [-0.05, 0) is 68.9 Å². The Kier molecular flexibility index (Phi) is 9.14. The third-order valence-corrected chi connectivity index (χ3v) is 5.57. The first kappa shape index (κ1) is 26.1. The van der Waals surface area contributed by atoms with Gasteiger partial charge in [0, 0.05) is 5.69 Å². The molecule has 0 unspecified atom stereocenters. The number of nitrogens with zero attached hydrogens (tertiary/aromatic N) is 1. The third-order valence-electron chi connectivity index (χ3n) is 4.98. The van der Waals surface area contributed by atoms with Crippen molar-refractivity contribution in [3.8, 4) is 17.2 Å². The van der Waals surface area contributed by atoms with Crippen LogP contribution in [0, 0.1) is 0 Å². The normalized spacial score (nSPS) is 11.2. The summed E-state index contributed by atoms with van der Waals surface area (Å²) in [5.41, 5.74) is 5.19. The number of hydrogen-bond donors (Lipinski definition) is 2. The summed E-state index contributed by atoms with van der Waals surface area (Å²) < 4.78 is 17.9. The number of para-hydroxylation sites is 1. The highest BCUT2D eigenvalue weighted by Gasteiger charge is 2.14. The first-order chi connectivity index (χ1) is 16.8. The summed E-state index contributed by atoms with van der Waals surface area (Å²) in [6.45, 7) is 7.26. The SMILES string of the molecule is COc1cc(/C=N\NC(=O)Nc2ccccc2)cc(Br)c1OCCOc1ccc(C(C)(C)C)cc1. The van der Waals surface area contributed by atoms with Crippen LogP contribution in [0.15, 0.2) is 76.3 Å². The highest BCUT2D eigenvalue weighted by Crippen LogP contribution is 2.36. The number of carbonyl (C=O) groups excluding carboxylic acids is 1. The van der Waals surface area contributed by atoms with Crippen LogP contribution in [0.25, 0.3) is 0 Å². The molecule has 184 valence electrons. The van der Waals surface area contributed by atoms with E-state index in [9.17, 15) is 4.79 Å². The zero-order valence-corrected chi connectivity index (χ0v) is 21.9. The van der Waals surface area contributed by atoms with Crippen LogP contribution in [-0.2, 0) is 5.41 Å². The van der Waals surface area contributed by atoms with Gasteiger partial charge in [-0.15, -0.1) is 0 Å². The molecule has 0 bridgehead atoms. The van der Waals surface area contributed by atoms with E-state index in [1.807, 2.05) is 36.4 Å². The molecular formula is C27H30BrN3O4. The second-order valence-corrected chi connectivity index (χ2v) is 9.55. The van der Waals surface area contributed by atoms with Crippen molar-refractivity contribution in [3.63, 3.8) is 0 Å². The van der Waals surface area contributed by atoms with Gasteiger partial charge in [-0.2, -0.15) is 5.10 Å². The quantitative estimate of drug-likeness (QED) is 0.188. The summed E-state index contributed by atoms with van der Waals surface area (Å²) >= 11 is 3.52. The van der Waals surface area contributed by atoms with Crippen molar-refractivity contribution in [1.82, 2.24) is 5.43 Å². The maximum Gasteiger partial charge on any atom is 0.339 e. The van der Waals surface area contributed by atoms with Gasteiger partial charge < -0.3 is 19.5 Å². The lowest BCUT2D eigenvalue weighted by Gasteiger charge is -2.19. The average molecular weight is 540 g/mol. The van der Waals surface area contributed by atoms with Crippen molar-refractivity contribution < 1.29 is 19.0 Å². The zero-order valence-electron chi connectivity index (χ0n) is 20.3. The van der Waals surface area contributed by atoms with Crippen molar-refractivity contribution in [1.29, 1.82) is 0 Å². The molecule has 0 aliphatic carbocycles. The fourth-order valence-corrected chi connectivity index (χ4v) is 3.73. The Morgan fingerprint density at radius 3 is 2.34 bits per heavy atom. The van der Waals surface area contributed by atoms with Gasteiger partial charge in [0.25, 0.3) is 0 Å². The van der Waals surface area contributed by atoms with Crippen molar-refractivity contribution in [2.24, 2.45) is 5.10 Å². The van der Waals surface area contributed by atoms with Gasteiger partial charge in [0.2, 0.25) is 0 Å². The Hall–Kier alpha value is -3.52. The molecule has 0 aliphatic heterocycles. The smallest absolute Gasteiger partial charge is 0.339 e. The van der Waals surface area contributed by atoms with Crippen LogP contribution in [0.3, 0.4) is 0 Å². The van der Waals surface area contributed by atoms with Gasteiger partial charge >= 0.3 is 6.03 Å². The summed E-state index contributed by atoms with van der Waals surface area (Å²) in [4.78, 5) is 12.0. The molecule has 0 saturated carbocycles. The molecule has 0 saturated heterocycles. The number of ether oxygens (including phenoxy) is 3. The standard InChI is InChI=1S/C27H30BrN3O4/c1-27(2,3)20-10-12-22(13-11-20)34-14-15-35-25-23(28)16-19(17-24(25)33-4)18-29-31-26(32)30-21-8-6-5-7-9-21/h5-13,16-18H,14-15H2,1-4H3,(H2,30,31,32)/b29-18-. The molecule has 3 rings (SSSR count). The van der Waals surface area contributed by atoms with Crippen LogP contribution in [0.4, 0.5) is 10.5 Å². The Balaban J connectivity index is 1.52. The number of rotatable bonds is 9. The van der Waals surface area contributed by atoms with E-state index in [1.54, 1.807) is 25.3 Å². The van der Waals surface area contributed by atoms with E-state index in [2.05, 4.69) is 64.7 Å². The highest BCUT2D eigenvalue weighted by molar-refractivity contribution is 9.10. The maximum absolute atomic E-state index is 12.0. The molecule has 0 spiro atoms. The predicted octanol–water partition coefficient (Wildman–Crippen LogP) is 6.37. The summed E-state index contributed by atoms with van der Waals surface area (Å²) in [6, 6.07) is 20.4. The van der Waals surface area contributed by atoms with E-state index in [0.29, 0.717) is 34.9 Å². The lowest BCUT2D eigenvalue weighted by molar-refractivity contribution is 0.210. The summed E-state index contributed by atoms with van der Waals surface area (Å²) in [6.07, 6.45) is 1.52. The lowest BCUT2D eigenvalue weighted by atomic mass is 9.87. The van der Waals surface area contributed by atoms with Crippen LogP contribution in [0.5, 0.6) is 17.2 Å². The maximum atomic E-state index is 12.0. The van der Waals surface area contributed by atoms with E-state index in [-0.39, 0.29) is 5.41 Å². The van der Waals surface area contributed by atoms with Gasteiger partial charge in [-0.25, -0.2) is 10.2 Å². The minimum Gasteiger partial charge on any atom is -0.493 e. The fourth-order valence-electron chi connectivity index (χ4n) is 3.15. The number of methoxy groups -OCH3 is 1. The number of nitrogens with one attached hydrogen (secondary N) is 2. The first-order valence-corrected chi connectivity index (χ1v) is 11.9. The fraction of sp³-hybridized carbons (Fsp3) is 0.259. The van der Waals surface area contributed by atoms with E-state index >= 15 is 0 Å². The van der Waals surface area contributed by atoms with Crippen LogP contribution >= 0.6 is 15.9 Å². The summed E-state index contributed by atoms with van der Waals surface area (Å²) in [5, 5.41) is 6.68. The molecule has 8 heteroatoms. The molecule has 0 atom stereocenters. The molecular weight excluding hydrogens is 510 g/mol. The largest absolute Gasteiger partial charge is 0.493 e. The number of halogens is 1. The number of benzene rings is 3. The van der Waals surface area contributed by atoms with Crippen molar-refractivity contribution in [3.05, 3.63) is 82.3 Å². The van der Waals surface area contributed by atoms with Crippen molar-refractivity contribution >= 4 is 33.9 Å². The van der Waals surface area contributed by atoms with Crippen LogP contribution in [0.1, 0.15) is 31.9 Å². The number of urea groups is 1. The van der Waals surface area contributed by atoms with E-state index in [0.717, 1.165) is 11.3 Å². The molecule has 3 aromatic rings. The van der Waals surface area contributed by atoms with Crippen LogP contribution in [-0.4, -0.2) is 32.6 Å². The number of hydrazone groups is 1. The molecule has 0 radical (unpaired) electrons. The molecule has 0 heterocycles.